The van der Waals surface area contributed by atoms with E-state index in [-0.39, 0.29) is 35.5 Å². The number of esters is 2. The molecule has 2 heterocycles. The van der Waals surface area contributed by atoms with Crippen LogP contribution in [0.15, 0.2) is 11.6 Å². The van der Waals surface area contributed by atoms with Crippen LogP contribution < -0.4 is 0 Å². The molecule has 5 aliphatic rings. The van der Waals surface area contributed by atoms with Crippen molar-refractivity contribution in [3.05, 3.63) is 11.6 Å². The predicted molar refractivity (Wildman–Crippen MR) is 93.0 cm³/mol. The van der Waals surface area contributed by atoms with Crippen LogP contribution in [-0.4, -0.2) is 37.9 Å². The summed E-state index contributed by atoms with van der Waals surface area (Å²) in [6, 6.07) is 0. The molecule has 0 amide bonds. The van der Waals surface area contributed by atoms with Gasteiger partial charge in [0.15, 0.2) is 6.10 Å². The van der Waals surface area contributed by atoms with E-state index < -0.39 is 5.41 Å². The van der Waals surface area contributed by atoms with Crippen molar-refractivity contribution in [1.82, 2.24) is 0 Å². The fourth-order valence-electron chi connectivity index (χ4n) is 7.59. The quantitative estimate of drug-likeness (QED) is 0.673. The van der Waals surface area contributed by atoms with Crippen molar-refractivity contribution in [2.75, 3.05) is 13.7 Å². The Kier molecular flexibility index (Phi) is 3.45. The molecule has 0 aromatic heterocycles. The predicted octanol–water partition coefficient (Wildman–Crippen LogP) is 2.88. The van der Waals surface area contributed by atoms with Crippen molar-refractivity contribution in [3.63, 3.8) is 0 Å². The smallest absolute Gasteiger partial charge is 0.331 e. The normalized spacial score (nSPS) is 51.7. The Bertz CT molecular complexity index is 697. The molecule has 26 heavy (non-hydrogen) atoms. The van der Waals surface area contributed by atoms with Crippen molar-refractivity contribution in [2.24, 2.45) is 34.5 Å². The molecule has 0 N–H and O–H groups in total. The van der Waals surface area contributed by atoms with Crippen LogP contribution in [0.1, 0.15) is 46.0 Å². The van der Waals surface area contributed by atoms with Crippen LogP contribution in [0.3, 0.4) is 0 Å². The average molecular weight is 360 g/mol. The van der Waals surface area contributed by atoms with Crippen molar-refractivity contribution in [3.8, 4) is 0 Å². The van der Waals surface area contributed by atoms with Crippen molar-refractivity contribution in [2.45, 2.75) is 58.2 Å². The van der Waals surface area contributed by atoms with E-state index in [1.54, 1.807) is 6.08 Å². The van der Waals surface area contributed by atoms with E-state index >= 15 is 0 Å². The van der Waals surface area contributed by atoms with Gasteiger partial charge >= 0.3 is 11.9 Å². The van der Waals surface area contributed by atoms with Gasteiger partial charge in [0, 0.05) is 17.4 Å². The zero-order valence-corrected chi connectivity index (χ0v) is 15.8. The number of hydrogen-bond acceptors (Lipinski definition) is 5. The summed E-state index contributed by atoms with van der Waals surface area (Å²) in [4.78, 5) is 24.7. The summed E-state index contributed by atoms with van der Waals surface area (Å²) in [5.74, 6) is 1.22. The highest BCUT2D eigenvalue weighted by Gasteiger charge is 2.69. The first kappa shape index (κ1) is 16.8. The largest absolute Gasteiger partial charge is 0.469 e. The van der Waals surface area contributed by atoms with Crippen LogP contribution >= 0.6 is 0 Å². The van der Waals surface area contributed by atoms with Gasteiger partial charge in [-0.2, -0.15) is 0 Å². The van der Waals surface area contributed by atoms with Gasteiger partial charge in [-0.3, -0.25) is 4.79 Å². The number of carbonyl (C=O) groups is 2. The summed E-state index contributed by atoms with van der Waals surface area (Å²) in [6.07, 6.45) is 6.60. The van der Waals surface area contributed by atoms with Gasteiger partial charge in [-0.25, -0.2) is 4.79 Å². The summed E-state index contributed by atoms with van der Waals surface area (Å²) in [5, 5.41) is 0. The topological polar surface area (TPSA) is 61.8 Å². The minimum Gasteiger partial charge on any atom is -0.469 e. The van der Waals surface area contributed by atoms with Gasteiger partial charge in [0.1, 0.15) is 6.10 Å². The Hall–Kier alpha value is -1.36. The minimum absolute atomic E-state index is 0.0174. The van der Waals surface area contributed by atoms with Crippen LogP contribution in [0.2, 0.25) is 0 Å². The zero-order valence-electron chi connectivity index (χ0n) is 15.8. The molecule has 0 aromatic rings. The van der Waals surface area contributed by atoms with Gasteiger partial charge < -0.3 is 14.2 Å². The number of fused-ring (bicyclic) bond motifs is 2. The Labute approximate surface area is 154 Å². The molecule has 0 radical (unpaired) electrons. The second-order valence-electron chi connectivity index (χ2n) is 9.38. The molecule has 8 atom stereocenters. The molecular formula is C21H28O5. The van der Waals surface area contributed by atoms with E-state index in [2.05, 4.69) is 13.8 Å². The lowest BCUT2D eigenvalue weighted by atomic mass is 9.43. The molecule has 3 aliphatic carbocycles. The van der Waals surface area contributed by atoms with E-state index in [0.717, 1.165) is 37.7 Å². The lowest BCUT2D eigenvalue weighted by Gasteiger charge is -2.60. The summed E-state index contributed by atoms with van der Waals surface area (Å²) in [7, 11) is 1.51. The first-order valence-corrected chi connectivity index (χ1v) is 10.0. The SMILES string of the molecule is COC(=O)[C@]1(C)CCC[C@@]23CO[C@H]4C5OC(=O)C=C5[C@H](C)[C@H](CC[C@H]21)[C@H]43. The van der Waals surface area contributed by atoms with E-state index in [1.165, 1.54) is 7.11 Å². The number of hydrogen-bond donors (Lipinski definition) is 0. The Balaban J connectivity index is 1.58. The Morgan fingerprint density at radius 3 is 2.88 bits per heavy atom. The van der Waals surface area contributed by atoms with Crippen LogP contribution in [0.4, 0.5) is 0 Å². The Morgan fingerprint density at radius 2 is 2.12 bits per heavy atom. The molecule has 3 saturated carbocycles. The molecular weight excluding hydrogens is 332 g/mol. The summed E-state index contributed by atoms with van der Waals surface area (Å²) in [5.41, 5.74) is 0.717. The highest BCUT2D eigenvalue weighted by Crippen LogP contribution is 2.68. The van der Waals surface area contributed by atoms with Crippen molar-refractivity contribution in [1.29, 1.82) is 0 Å². The fraction of sp³-hybridized carbons (Fsp3) is 0.810. The Morgan fingerprint density at radius 1 is 1.31 bits per heavy atom. The summed E-state index contributed by atoms with van der Waals surface area (Å²) < 4.78 is 17.3. The second kappa shape index (κ2) is 5.34. The minimum atomic E-state index is -0.429. The lowest BCUT2D eigenvalue weighted by molar-refractivity contribution is -0.175. The third kappa shape index (κ3) is 1.85. The summed E-state index contributed by atoms with van der Waals surface area (Å²) >= 11 is 0. The lowest BCUT2D eigenvalue weighted by Crippen LogP contribution is -2.60. The molecule has 5 heteroatoms. The molecule has 1 saturated heterocycles. The monoisotopic (exact) mass is 360 g/mol. The molecule has 5 nitrogen and oxygen atoms in total. The van der Waals surface area contributed by atoms with Crippen molar-refractivity contribution >= 4 is 11.9 Å². The van der Waals surface area contributed by atoms with Crippen LogP contribution in [0.25, 0.3) is 0 Å². The molecule has 0 aromatic carbocycles. The number of carbonyl (C=O) groups excluding carboxylic acids is 2. The van der Waals surface area contributed by atoms with Gasteiger partial charge in [-0.05, 0) is 55.9 Å². The number of methoxy groups -OCH3 is 1. The van der Waals surface area contributed by atoms with Crippen LogP contribution in [0.5, 0.6) is 0 Å². The molecule has 1 unspecified atom stereocenters. The maximum absolute atomic E-state index is 12.7. The first-order valence-electron chi connectivity index (χ1n) is 10.0. The maximum Gasteiger partial charge on any atom is 0.331 e. The van der Waals surface area contributed by atoms with Gasteiger partial charge in [0.25, 0.3) is 0 Å². The highest BCUT2D eigenvalue weighted by molar-refractivity contribution is 5.86. The van der Waals surface area contributed by atoms with E-state index in [9.17, 15) is 9.59 Å². The van der Waals surface area contributed by atoms with Crippen LogP contribution in [0, 0.1) is 34.5 Å². The van der Waals surface area contributed by atoms with E-state index in [4.69, 9.17) is 14.2 Å². The molecule has 4 fully saturated rings. The second-order valence-corrected chi connectivity index (χ2v) is 9.38. The third-order valence-electron chi connectivity index (χ3n) is 8.59. The van der Waals surface area contributed by atoms with Gasteiger partial charge in [-0.15, -0.1) is 0 Å². The molecule has 2 aliphatic heterocycles. The first-order chi connectivity index (χ1) is 12.4. The molecule has 1 spiro atoms. The van der Waals surface area contributed by atoms with Gasteiger partial charge in [-0.1, -0.05) is 13.3 Å². The average Bonchev–Trinajstić information content (AvgIpc) is 3.20. The van der Waals surface area contributed by atoms with E-state index in [0.29, 0.717) is 24.4 Å². The van der Waals surface area contributed by atoms with Crippen LogP contribution in [-0.2, 0) is 23.8 Å². The molecule has 0 bridgehead atoms. The highest BCUT2D eigenvalue weighted by atomic mass is 16.6. The fourth-order valence-corrected chi connectivity index (χ4v) is 7.59. The number of ether oxygens (including phenoxy) is 3. The van der Waals surface area contributed by atoms with E-state index in [1.807, 2.05) is 0 Å². The maximum atomic E-state index is 12.7. The number of rotatable bonds is 1. The van der Waals surface area contributed by atoms with Gasteiger partial charge in [0.2, 0.25) is 0 Å². The zero-order chi connectivity index (χ0) is 18.3. The summed E-state index contributed by atoms with van der Waals surface area (Å²) in [6.45, 7) is 5.03. The molecule has 142 valence electrons. The third-order valence-corrected chi connectivity index (χ3v) is 8.59. The molecule has 5 rings (SSSR count). The van der Waals surface area contributed by atoms with Gasteiger partial charge in [0.05, 0.1) is 19.1 Å². The van der Waals surface area contributed by atoms with Crippen molar-refractivity contribution < 1.29 is 23.8 Å². The standard InChI is InChI=1S/C21H28O5/c1-11-12-5-6-14-20(2,19(23)24-3)7-4-8-21(14)10-25-18(16(12)21)17-13(11)9-15(22)26-17/h9,11-12,14,16-18H,4-8,10H2,1-3H3/t11-,12+,14+,16-,17?,18-,20-,21-/m1/s1.